The predicted molar refractivity (Wildman–Crippen MR) is 116 cm³/mol. The van der Waals surface area contributed by atoms with Crippen molar-refractivity contribution < 1.29 is 49.0 Å². The minimum atomic E-state index is -1.07. The topological polar surface area (TPSA) is 176 Å². The Balaban J connectivity index is 0. The van der Waals surface area contributed by atoms with E-state index in [1.807, 2.05) is 7.05 Å². The zero-order chi connectivity index (χ0) is 24.6. The number of carbonyl (C=O) groups is 2. The van der Waals surface area contributed by atoms with Crippen LogP contribution < -0.4 is 10.6 Å². The Labute approximate surface area is 190 Å². The summed E-state index contributed by atoms with van der Waals surface area (Å²) in [4.78, 5) is 19.8. The molecular weight excluding hydrogens is 428 g/mol. The molecular formula is C20H42N2O10. The second-order valence-electron chi connectivity index (χ2n) is 6.67. The Morgan fingerprint density at radius 1 is 1.09 bits per heavy atom. The molecule has 0 aromatic heterocycles. The summed E-state index contributed by atoms with van der Waals surface area (Å²) in [5, 5.41) is 41.4. The maximum absolute atomic E-state index is 10.1. The Morgan fingerprint density at radius 2 is 1.75 bits per heavy atom. The van der Waals surface area contributed by atoms with Crippen molar-refractivity contribution in [2.24, 2.45) is 0 Å². The van der Waals surface area contributed by atoms with E-state index in [1.54, 1.807) is 7.05 Å². The van der Waals surface area contributed by atoms with E-state index < -0.39 is 24.6 Å². The van der Waals surface area contributed by atoms with Crippen molar-refractivity contribution in [3.05, 3.63) is 0 Å². The van der Waals surface area contributed by atoms with Gasteiger partial charge in [0.15, 0.2) is 6.29 Å². The highest BCUT2D eigenvalue weighted by atomic mass is 16.7. The highest BCUT2D eigenvalue weighted by Crippen LogP contribution is 2.21. The SMILES string of the molecule is CNC(C)=O.CNCCOCCOCO.O=CCCCCO[C@H]1C[C@@H](O)C(O)[C@@H](CO)O1. The molecule has 1 unspecified atom stereocenters. The molecule has 4 atom stereocenters. The van der Waals surface area contributed by atoms with Crippen LogP contribution in [0.15, 0.2) is 0 Å². The minimum absolute atomic E-state index is 0.00463. The quantitative estimate of drug-likeness (QED) is 0.0954. The third-order valence-electron chi connectivity index (χ3n) is 4.05. The lowest BCUT2D eigenvalue weighted by atomic mass is 10.0. The molecule has 0 spiro atoms. The molecule has 1 heterocycles. The number of carbonyl (C=O) groups excluding carboxylic acids is 2. The molecule has 12 heteroatoms. The number of rotatable bonds is 14. The molecule has 0 radical (unpaired) electrons. The normalized spacial score (nSPS) is 22.1. The molecule has 0 saturated carbocycles. The molecule has 1 saturated heterocycles. The van der Waals surface area contributed by atoms with Gasteiger partial charge in [-0.3, -0.25) is 4.79 Å². The van der Waals surface area contributed by atoms with Crippen LogP contribution in [0.1, 0.15) is 32.6 Å². The molecule has 0 aliphatic carbocycles. The van der Waals surface area contributed by atoms with Crippen molar-refractivity contribution in [1.82, 2.24) is 10.6 Å². The van der Waals surface area contributed by atoms with Gasteiger partial charge in [0.25, 0.3) is 0 Å². The number of hydrogen-bond acceptors (Lipinski definition) is 11. The number of unbranched alkanes of at least 4 members (excludes halogenated alkanes) is 2. The van der Waals surface area contributed by atoms with Gasteiger partial charge in [0.1, 0.15) is 25.3 Å². The number of aliphatic hydroxyl groups is 4. The number of likely N-dealkylation sites (N-methyl/N-ethyl adjacent to an activating group) is 1. The van der Waals surface area contributed by atoms with Crippen molar-refractivity contribution >= 4 is 12.2 Å². The summed E-state index contributed by atoms with van der Waals surface area (Å²) < 4.78 is 20.3. The van der Waals surface area contributed by atoms with Crippen LogP contribution in [0.4, 0.5) is 0 Å². The standard InChI is InChI=1S/C11H20O6.C6H15NO3.C3H7NO/c12-4-2-1-3-5-16-10-6-8(14)11(15)9(7-13)17-10;1-7-2-3-9-4-5-10-6-8;1-3(5)4-2/h4,8-11,13-15H,1-3,5-7H2;7-8H,2-6H2,1H3;1-2H3,(H,4,5)/t8-,9-,10-,11?;;/m1../s1. The number of aldehydes is 1. The van der Waals surface area contributed by atoms with Crippen LogP contribution in [0.5, 0.6) is 0 Å². The van der Waals surface area contributed by atoms with Crippen LogP contribution in [0.2, 0.25) is 0 Å². The highest BCUT2D eigenvalue weighted by molar-refractivity contribution is 5.72. The molecule has 1 aliphatic rings. The second kappa shape index (κ2) is 24.4. The van der Waals surface area contributed by atoms with E-state index >= 15 is 0 Å². The van der Waals surface area contributed by atoms with Crippen molar-refractivity contribution in [1.29, 1.82) is 0 Å². The van der Waals surface area contributed by atoms with E-state index in [0.29, 0.717) is 32.8 Å². The zero-order valence-corrected chi connectivity index (χ0v) is 19.4. The number of hydrogen-bond donors (Lipinski definition) is 6. The van der Waals surface area contributed by atoms with Crippen molar-refractivity contribution in [2.45, 2.75) is 57.2 Å². The van der Waals surface area contributed by atoms with Gasteiger partial charge >= 0.3 is 0 Å². The first-order chi connectivity index (χ1) is 15.4. The third kappa shape index (κ3) is 20.7. The van der Waals surface area contributed by atoms with E-state index in [9.17, 15) is 19.8 Å². The Morgan fingerprint density at radius 3 is 2.28 bits per heavy atom. The van der Waals surface area contributed by atoms with Gasteiger partial charge in [0.05, 0.1) is 32.5 Å². The summed E-state index contributed by atoms with van der Waals surface area (Å²) in [6, 6.07) is 0. The average molecular weight is 471 g/mol. The fourth-order valence-corrected chi connectivity index (χ4v) is 2.18. The molecule has 1 amide bonds. The van der Waals surface area contributed by atoms with Gasteiger partial charge in [0.2, 0.25) is 5.91 Å². The van der Waals surface area contributed by atoms with E-state index in [4.69, 9.17) is 24.4 Å². The second-order valence-corrected chi connectivity index (χ2v) is 6.67. The Bertz CT molecular complexity index is 423. The summed E-state index contributed by atoms with van der Waals surface area (Å²) in [6.45, 7) is 3.85. The van der Waals surface area contributed by atoms with Crippen molar-refractivity contribution in [3.8, 4) is 0 Å². The fraction of sp³-hybridized carbons (Fsp3) is 0.900. The van der Waals surface area contributed by atoms with Crippen LogP contribution >= 0.6 is 0 Å². The van der Waals surface area contributed by atoms with Crippen LogP contribution in [-0.4, -0.2) is 118 Å². The van der Waals surface area contributed by atoms with Gasteiger partial charge in [-0.2, -0.15) is 0 Å². The summed E-state index contributed by atoms with van der Waals surface area (Å²) in [6.07, 6.45) is -0.387. The largest absolute Gasteiger partial charge is 0.394 e. The van der Waals surface area contributed by atoms with Gasteiger partial charge < -0.3 is 54.8 Å². The molecule has 0 aromatic rings. The maximum Gasteiger partial charge on any atom is 0.216 e. The lowest BCUT2D eigenvalue weighted by Gasteiger charge is -2.36. The van der Waals surface area contributed by atoms with Crippen LogP contribution in [0.25, 0.3) is 0 Å². The number of amides is 1. The first-order valence-electron chi connectivity index (χ1n) is 10.6. The molecule has 0 aromatic carbocycles. The molecule has 32 heavy (non-hydrogen) atoms. The maximum atomic E-state index is 10.1. The number of ether oxygens (including phenoxy) is 4. The average Bonchev–Trinajstić information content (AvgIpc) is 2.79. The first kappa shape index (κ1) is 33.0. The lowest BCUT2D eigenvalue weighted by molar-refractivity contribution is -0.256. The number of nitrogens with one attached hydrogen (secondary N) is 2. The molecule has 192 valence electrons. The lowest BCUT2D eigenvalue weighted by Crippen LogP contribution is -2.50. The Hall–Kier alpha value is -1.22. The summed E-state index contributed by atoms with van der Waals surface area (Å²) >= 11 is 0. The van der Waals surface area contributed by atoms with Crippen LogP contribution in [0.3, 0.4) is 0 Å². The minimum Gasteiger partial charge on any atom is -0.394 e. The molecule has 1 fully saturated rings. The van der Waals surface area contributed by atoms with Crippen molar-refractivity contribution in [2.75, 3.05) is 60.5 Å². The van der Waals surface area contributed by atoms with Gasteiger partial charge in [-0.25, -0.2) is 0 Å². The molecule has 1 rings (SSSR count). The molecule has 0 bridgehead atoms. The van der Waals surface area contributed by atoms with Gasteiger partial charge in [-0.05, 0) is 19.9 Å². The smallest absolute Gasteiger partial charge is 0.216 e. The highest BCUT2D eigenvalue weighted by Gasteiger charge is 2.36. The van der Waals surface area contributed by atoms with Gasteiger partial charge in [-0.15, -0.1) is 0 Å². The van der Waals surface area contributed by atoms with Crippen molar-refractivity contribution in [3.63, 3.8) is 0 Å². The summed E-state index contributed by atoms with van der Waals surface area (Å²) in [7, 11) is 3.47. The van der Waals surface area contributed by atoms with Crippen LogP contribution in [-0.2, 0) is 28.5 Å². The Kier molecular flexibility index (Phi) is 25.2. The molecule has 6 N–H and O–H groups in total. The van der Waals surface area contributed by atoms with E-state index in [0.717, 1.165) is 25.7 Å². The first-order valence-corrected chi connectivity index (χ1v) is 10.6. The van der Waals surface area contributed by atoms with Crippen LogP contribution in [0, 0.1) is 0 Å². The van der Waals surface area contributed by atoms with E-state index in [1.165, 1.54) is 6.92 Å². The summed E-state index contributed by atoms with van der Waals surface area (Å²) in [5.74, 6) is 0.00463. The monoisotopic (exact) mass is 470 g/mol. The van der Waals surface area contributed by atoms with Gasteiger partial charge in [-0.1, -0.05) is 0 Å². The predicted octanol–water partition coefficient (Wildman–Crippen LogP) is -1.86. The van der Waals surface area contributed by atoms with E-state index in [2.05, 4.69) is 15.4 Å². The van der Waals surface area contributed by atoms with Gasteiger partial charge in [0, 0.05) is 40.0 Å². The summed E-state index contributed by atoms with van der Waals surface area (Å²) in [5.41, 5.74) is 0. The molecule has 12 nitrogen and oxygen atoms in total. The zero-order valence-electron chi connectivity index (χ0n) is 19.4. The van der Waals surface area contributed by atoms with E-state index in [-0.39, 0.29) is 25.7 Å². The number of aliphatic hydroxyl groups excluding tert-OH is 4. The third-order valence-corrected chi connectivity index (χ3v) is 4.05. The fourth-order valence-electron chi connectivity index (χ4n) is 2.18. The molecule has 1 aliphatic heterocycles.